The summed E-state index contributed by atoms with van der Waals surface area (Å²) in [5.41, 5.74) is 7.18. The second-order valence-electron chi connectivity index (χ2n) is 6.89. The van der Waals surface area contributed by atoms with Gasteiger partial charge in [-0.25, -0.2) is 9.97 Å². The molecule has 0 spiro atoms. The smallest absolute Gasteiger partial charge is 0.240 e. The lowest BCUT2D eigenvalue weighted by atomic mass is 9.87. The minimum atomic E-state index is -0.900. The lowest BCUT2D eigenvalue weighted by molar-refractivity contribution is -0.127. The van der Waals surface area contributed by atoms with E-state index in [0.717, 1.165) is 16.8 Å². The van der Waals surface area contributed by atoms with E-state index in [-0.39, 0.29) is 5.91 Å². The van der Waals surface area contributed by atoms with Crippen LogP contribution >= 0.6 is 27.5 Å². The number of amides is 1. The van der Waals surface area contributed by atoms with Gasteiger partial charge in [-0.15, -0.1) is 0 Å². The van der Waals surface area contributed by atoms with Gasteiger partial charge in [0.1, 0.15) is 16.7 Å². The highest BCUT2D eigenvalue weighted by Crippen LogP contribution is 2.31. The van der Waals surface area contributed by atoms with Crippen molar-refractivity contribution in [3.05, 3.63) is 45.8 Å². The zero-order chi connectivity index (χ0) is 19.7. The number of carbonyl (C=O) groups is 1. The van der Waals surface area contributed by atoms with Crippen LogP contribution in [-0.2, 0) is 11.3 Å². The molecule has 0 unspecified atom stereocenters. The summed E-state index contributed by atoms with van der Waals surface area (Å²) in [6, 6.07) is 7.38. The predicted octanol–water partition coefficient (Wildman–Crippen LogP) is 2.38. The molecule has 2 aromatic heterocycles. The van der Waals surface area contributed by atoms with Crippen molar-refractivity contribution in [2.75, 3.05) is 18.0 Å². The van der Waals surface area contributed by atoms with E-state index < -0.39 is 5.54 Å². The molecule has 1 aromatic carbocycles. The van der Waals surface area contributed by atoms with Crippen LogP contribution < -0.4 is 16.0 Å². The van der Waals surface area contributed by atoms with Crippen LogP contribution in [0.1, 0.15) is 18.4 Å². The number of nitrogens with zero attached hydrogens (tertiary/aromatic N) is 4. The van der Waals surface area contributed by atoms with Gasteiger partial charge in [-0.2, -0.15) is 5.10 Å². The number of nitrogens with two attached hydrogens (primary N) is 1. The summed E-state index contributed by atoms with van der Waals surface area (Å²) in [7, 11) is 0. The van der Waals surface area contributed by atoms with Crippen LogP contribution in [0.4, 0.5) is 5.82 Å². The quantitative estimate of drug-likeness (QED) is 0.546. The van der Waals surface area contributed by atoms with Gasteiger partial charge in [-0.1, -0.05) is 23.7 Å². The number of carbonyl (C=O) groups excluding carboxylic acids is 1. The number of aromatic amines is 1. The number of halogens is 2. The third-order valence-corrected chi connectivity index (χ3v) is 5.89. The highest BCUT2D eigenvalue weighted by Gasteiger charge is 2.38. The number of hydrogen-bond donors (Lipinski definition) is 3. The van der Waals surface area contributed by atoms with Gasteiger partial charge in [-0.3, -0.25) is 9.89 Å². The number of piperidine rings is 1. The SMILES string of the molecule is NC1(C(=O)NCc2ccc(Cl)cc2)CCN(c2ncnc3[nH]nc(Br)c23)CC1. The number of nitrogens with one attached hydrogen (secondary N) is 2. The largest absolute Gasteiger partial charge is 0.356 e. The van der Waals surface area contributed by atoms with E-state index in [1.54, 1.807) is 12.1 Å². The molecule has 0 atom stereocenters. The van der Waals surface area contributed by atoms with Crippen molar-refractivity contribution in [1.82, 2.24) is 25.5 Å². The number of benzene rings is 1. The van der Waals surface area contributed by atoms with Crippen molar-refractivity contribution in [3.8, 4) is 0 Å². The summed E-state index contributed by atoms with van der Waals surface area (Å²) in [5, 5.41) is 11.4. The van der Waals surface area contributed by atoms with E-state index in [0.29, 0.717) is 47.7 Å². The first-order chi connectivity index (χ1) is 13.5. The van der Waals surface area contributed by atoms with E-state index in [4.69, 9.17) is 17.3 Å². The summed E-state index contributed by atoms with van der Waals surface area (Å²) in [5.74, 6) is 0.647. The van der Waals surface area contributed by atoms with Crippen LogP contribution in [0.3, 0.4) is 0 Å². The van der Waals surface area contributed by atoms with E-state index in [1.807, 2.05) is 12.1 Å². The topological polar surface area (TPSA) is 113 Å². The first-order valence-corrected chi connectivity index (χ1v) is 10.0. The zero-order valence-electron chi connectivity index (χ0n) is 15.0. The third kappa shape index (κ3) is 3.69. The Morgan fingerprint density at radius 1 is 1.29 bits per heavy atom. The van der Waals surface area contributed by atoms with Gasteiger partial charge in [-0.05, 0) is 46.5 Å². The highest BCUT2D eigenvalue weighted by atomic mass is 79.9. The summed E-state index contributed by atoms with van der Waals surface area (Å²) < 4.78 is 0.670. The summed E-state index contributed by atoms with van der Waals surface area (Å²) in [4.78, 5) is 23.4. The summed E-state index contributed by atoms with van der Waals surface area (Å²) in [6.07, 6.45) is 2.56. The average Bonchev–Trinajstić information content (AvgIpc) is 3.09. The Balaban J connectivity index is 1.41. The first-order valence-electron chi connectivity index (χ1n) is 8.87. The van der Waals surface area contributed by atoms with Crippen LogP contribution in [0.15, 0.2) is 35.2 Å². The third-order valence-electron chi connectivity index (χ3n) is 5.07. The molecule has 0 radical (unpaired) electrons. The van der Waals surface area contributed by atoms with E-state index >= 15 is 0 Å². The van der Waals surface area contributed by atoms with Crippen LogP contribution in [-0.4, -0.2) is 44.7 Å². The first kappa shape index (κ1) is 19.1. The van der Waals surface area contributed by atoms with Gasteiger partial charge in [0.15, 0.2) is 5.65 Å². The molecule has 0 bridgehead atoms. The lowest BCUT2D eigenvalue weighted by Gasteiger charge is -2.38. The molecule has 10 heteroatoms. The number of hydrogen-bond acceptors (Lipinski definition) is 6. The van der Waals surface area contributed by atoms with E-state index in [1.165, 1.54) is 6.33 Å². The Morgan fingerprint density at radius 2 is 2.00 bits per heavy atom. The normalized spacial score (nSPS) is 16.3. The average molecular weight is 465 g/mol. The van der Waals surface area contributed by atoms with Crippen molar-refractivity contribution in [3.63, 3.8) is 0 Å². The minimum Gasteiger partial charge on any atom is -0.356 e. The molecule has 1 amide bonds. The zero-order valence-corrected chi connectivity index (χ0v) is 17.3. The Morgan fingerprint density at radius 3 is 2.71 bits per heavy atom. The van der Waals surface area contributed by atoms with Crippen LogP contribution in [0.2, 0.25) is 5.02 Å². The fourth-order valence-corrected chi connectivity index (χ4v) is 3.93. The number of anilines is 1. The maximum Gasteiger partial charge on any atom is 0.240 e. The molecule has 4 N–H and O–H groups in total. The van der Waals surface area contributed by atoms with Gasteiger partial charge in [0.2, 0.25) is 5.91 Å². The van der Waals surface area contributed by atoms with Gasteiger partial charge in [0.25, 0.3) is 0 Å². The Bertz CT molecular complexity index is 999. The number of aromatic nitrogens is 4. The molecule has 1 aliphatic heterocycles. The van der Waals surface area contributed by atoms with Crippen molar-refractivity contribution < 1.29 is 4.79 Å². The van der Waals surface area contributed by atoms with Crippen LogP contribution in [0.25, 0.3) is 11.0 Å². The van der Waals surface area contributed by atoms with Crippen molar-refractivity contribution in [2.24, 2.45) is 5.73 Å². The molecular weight excluding hydrogens is 446 g/mol. The van der Waals surface area contributed by atoms with Gasteiger partial charge >= 0.3 is 0 Å². The molecule has 146 valence electrons. The second kappa shape index (κ2) is 7.65. The minimum absolute atomic E-state index is 0.139. The molecule has 3 heterocycles. The summed E-state index contributed by atoms with van der Waals surface area (Å²) >= 11 is 9.32. The highest BCUT2D eigenvalue weighted by molar-refractivity contribution is 9.10. The molecule has 1 saturated heterocycles. The standard InChI is InChI=1S/C18H19BrClN7O/c19-14-13-15(26-25-14)23-10-24-16(13)27-7-5-18(21,6-8-27)17(28)22-9-11-1-3-12(20)4-2-11/h1-4,10H,5-9,21H2,(H,22,28)(H,23,24,25,26). The molecule has 8 nitrogen and oxygen atoms in total. The van der Waals surface area contributed by atoms with E-state index in [9.17, 15) is 4.79 Å². The molecular formula is C18H19BrClN7O. The van der Waals surface area contributed by atoms with Gasteiger partial charge in [0.05, 0.1) is 10.9 Å². The fourth-order valence-electron chi connectivity index (χ4n) is 3.35. The van der Waals surface area contributed by atoms with Gasteiger partial charge in [0, 0.05) is 24.7 Å². The van der Waals surface area contributed by atoms with Gasteiger partial charge < -0.3 is 16.0 Å². The Hall–Kier alpha value is -2.23. The maximum absolute atomic E-state index is 12.7. The van der Waals surface area contributed by atoms with Crippen molar-refractivity contribution in [2.45, 2.75) is 24.9 Å². The van der Waals surface area contributed by atoms with Crippen molar-refractivity contribution >= 4 is 50.3 Å². The Labute approximate surface area is 175 Å². The molecule has 28 heavy (non-hydrogen) atoms. The second-order valence-corrected chi connectivity index (χ2v) is 8.08. The van der Waals surface area contributed by atoms with Crippen LogP contribution in [0.5, 0.6) is 0 Å². The predicted molar refractivity (Wildman–Crippen MR) is 111 cm³/mol. The molecule has 3 aromatic rings. The van der Waals surface area contributed by atoms with Crippen LogP contribution in [0, 0.1) is 0 Å². The number of fused-ring (bicyclic) bond motifs is 1. The van der Waals surface area contributed by atoms with E-state index in [2.05, 4.69) is 46.3 Å². The molecule has 1 fully saturated rings. The molecule has 0 aliphatic carbocycles. The monoisotopic (exact) mass is 463 g/mol. The summed E-state index contributed by atoms with van der Waals surface area (Å²) in [6.45, 7) is 1.66. The number of H-pyrrole nitrogens is 1. The molecule has 0 saturated carbocycles. The number of rotatable bonds is 4. The molecule has 1 aliphatic rings. The lowest BCUT2D eigenvalue weighted by Crippen LogP contribution is -2.59. The fraction of sp³-hybridized carbons (Fsp3) is 0.333. The molecule has 4 rings (SSSR count). The maximum atomic E-state index is 12.7. The Kier molecular flexibility index (Phi) is 5.22. The van der Waals surface area contributed by atoms with Crippen molar-refractivity contribution in [1.29, 1.82) is 0 Å².